The molecule has 0 amide bonds. The number of para-hydroxylation sites is 1. The second-order valence-corrected chi connectivity index (χ2v) is 4.67. The lowest BCUT2D eigenvalue weighted by atomic mass is 9.99. The minimum absolute atomic E-state index is 0.149. The van der Waals surface area contributed by atoms with Gasteiger partial charge in [-0.1, -0.05) is 18.2 Å². The summed E-state index contributed by atoms with van der Waals surface area (Å²) in [6, 6.07) is 8.64. The Morgan fingerprint density at radius 3 is 3.06 bits per heavy atom. The van der Waals surface area contributed by atoms with Gasteiger partial charge in [0.25, 0.3) is 0 Å². The Kier molecular flexibility index (Phi) is 2.04. The lowest BCUT2D eigenvalue weighted by Crippen LogP contribution is -2.31. The fraction of sp³-hybridized carbons (Fsp3) is 0.214. The number of hydrogen-bond donors (Lipinski definition) is 3. The lowest BCUT2D eigenvalue weighted by Gasteiger charge is -2.22. The van der Waals surface area contributed by atoms with Gasteiger partial charge < -0.3 is 15.3 Å². The van der Waals surface area contributed by atoms with Crippen LogP contribution < -0.4 is 5.32 Å². The molecule has 3 aromatic rings. The molecule has 18 heavy (non-hydrogen) atoms. The Morgan fingerprint density at radius 2 is 2.17 bits per heavy atom. The summed E-state index contributed by atoms with van der Waals surface area (Å²) in [5, 5.41) is 4.85. The van der Waals surface area contributed by atoms with Gasteiger partial charge in [-0.25, -0.2) is 4.98 Å². The zero-order chi connectivity index (χ0) is 11.9. The molecule has 0 fully saturated rings. The molecule has 0 spiro atoms. The normalized spacial score (nSPS) is 19.0. The highest BCUT2D eigenvalue weighted by Crippen LogP contribution is 2.31. The number of aromatic nitrogens is 3. The highest BCUT2D eigenvalue weighted by atomic mass is 15.0. The summed E-state index contributed by atoms with van der Waals surface area (Å²) in [4.78, 5) is 11.1. The van der Waals surface area contributed by atoms with Gasteiger partial charge in [-0.05, 0) is 18.1 Å². The van der Waals surface area contributed by atoms with Gasteiger partial charge >= 0.3 is 0 Å². The molecule has 0 aliphatic carbocycles. The summed E-state index contributed by atoms with van der Waals surface area (Å²) >= 11 is 0. The summed E-state index contributed by atoms with van der Waals surface area (Å²) in [6.07, 6.45) is 4.73. The SMILES string of the molecule is c1ccc2c3c([nH]c2c1)C(c1ncc[nH]1)NCC3. The fourth-order valence-electron chi connectivity index (χ4n) is 2.85. The first-order valence-electron chi connectivity index (χ1n) is 6.25. The van der Waals surface area contributed by atoms with Crippen LogP contribution in [0, 0.1) is 0 Å². The van der Waals surface area contributed by atoms with Gasteiger partial charge in [-0.2, -0.15) is 0 Å². The van der Waals surface area contributed by atoms with Gasteiger partial charge in [0.1, 0.15) is 11.9 Å². The molecule has 1 aliphatic heterocycles. The summed E-state index contributed by atoms with van der Waals surface area (Å²) in [5.41, 5.74) is 3.88. The van der Waals surface area contributed by atoms with Crippen LogP contribution in [0.2, 0.25) is 0 Å². The quantitative estimate of drug-likeness (QED) is 0.608. The monoisotopic (exact) mass is 238 g/mol. The number of nitrogens with one attached hydrogen (secondary N) is 3. The maximum Gasteiger partial charge on any atom is 0.129 e. The first-order valence-corrected chi connectivity index (χ1v) is 6.25. The molecule has 1 aromatic carbocycles. The fourth-order valence-corrected chi connectivity index (χ4v) is 2.85. The minimum atomic E-state index is 0.149. The number of aromatic amines is 2. The Labute approximate surface area is 104 Å². The van der Waals surface area contributed by atoms with Crippen molar-refractivity contribution in [2.45, 2.75) is 12.5 Å². The van der Waals surface area contributed by atoms with Crippen molar-refractivity contribution >= 4 is 10.9 Å². The van der Waals surface area contributed by atoms with E-state index in [2.05, 4.69) is 44.5 Å². The molecule has 4 nitrogen and oxygen atoms in total. The van der Waals surface area contributed by atoms with E-state index in [1.165, 1.54) is 22.2 Å². The Bertz CT molecular complexity index is 681. The molecule has 3 N–H and O–H groups in total. The second kappa shape index (κ2) is 3.71. The molecule has 0 saturated heterocycles. The average Bonchev–Trinajstić information content (AvgIpc) is 3.05. The Morgan fingerprint density at radius 1 is 1.22 bits per heavy atom. The van der Waals surface area contributed by atoms with E-state index < -0.39 is 0 Å². The second-order valence-electron chi connectivity index (χ2n) is 4.67. The molecule has 0 saturated carbocycles. The van der Waals surface area contributed by atoms with E-state index in [1.807, 2.05) is 6.20 Å². The van der Waals surface area contributed by atoms with Crippen molar-refractivity contribution in [3.05, 3.63) is 53.7 Å². The number of hydrogen-bond acceptors (Lipinski definition) is 2. The molecule has 90 valence electrons. The summed E-state index contributed by atoms with van der Waals surface area (Å²) in [6.45, 7) is 0.986. The van der Waals surface area contributed by atoms with E-state index in [1.54, 1.807) is 6.20 Å². The van der Waals surface area contributed by atoms with Crippen molar-refractivity contribution in [1.82, 2.24) is 20.3 Å². The largest absolute Gasteiger partial charge is 0.356 e. The minimum Gasteiger partial charge on any atom is -0.356 e. The molecule has 0 radical (unpaired) electrons. The number of rotatable bonds is 1. The molecule has 1 unspecified atom stereocenters. The van der Waals surface area contributed by atoms with Crippen molar-refractivity contribution in [2.75, 3.05) is 6.54 Å². The average molecular weight is 238 g/mol. The number of benzene rings is 1. The molecular weight excluding hydrogens is 224 g/mol. The summed E-state index contributed by atoms with van der Waals surface area (Å²) in [5.74, 6) is 0.975. The van der Waals surface area contributed by atoms with Crippen LogP contribution in [-0.4, -0.2) is 21.5 Å². The molecule has 1 aliphatic rings. The van der Waals surface area contributed by atoms with Gasteiger partial charge in [-0.3, -0.25) is 0 Å². The topological polar surface area (TPSA) is 56.5 Å². The van der Waals surface area contributed by atoms with E-state index >= 15 is 0 Å². The highest BCUT2D eigenvalue weighted by Gasteiger charge is 2.26. The zero-order valence-electron chi connectivity index (χ0n) is 9.90. The molecule has 3 heterocycles. The van der Waals surface area contributed by atoms with Crippen LogP contribution in [0.3, 0.4) is 0 Å². The van der Waals surface area contributed by atoms with Crippen LogP contribution in [0.25, 0.3) is 10.9 Å². The van der Waals surface area contributed by atoms with Crippen molar-refractivity contribution < 1.29 is 0 Å². The van der Waals surface area contributed by atoms with Crippen molar-refractivity contribution in [1.29, 1.82) is 0 Å². The van der Waals surface area contributed by atoms with Gasteiger partial charge in [-0.15, -0.1) is 0 Å². The van der Waals surface area contributed by atoms with Crippen molar-refractivity contribution in [3.63, 3.8) is 0 Å². The van der Waals surface area contributed by atoms with Crippen LogP contribution >= 0.6 is 0 Å². The Hall–Kier alpha value is -2.07. The van der Waals surface area contributed by atoms with Crippen molar-refractivity contribution in [2.24, 2.45) is 0 Å². The van der Waals surface area contributed by atoms with Crippen LogP contribution in [0.15, 0.2) is 36.7 Å². The van der Waals surface area contributed by atoms with Crippen LogP contribution in [0.4, 0.5) is 0 Å². The molecule has 1 atom stereocenters. The third kappa shape index (κ3) is 1.32. The number of H-pyrrole nitrogens is 2. The molecule has 0 bridgehead atoms. The molecule has 4 rings (SSSR count). The zero-order valence-corrected chi connectivity index (χ0v) is 9.90. The van der Waals surface area contributed by atoms with Crippen LogP contribution in [-0.2, 0) is 6.42 Å². The predicted molar refractivity (Wildman–Crippen MR) is 70.4 cm³/mol. The first kappa shape index (κ1) is 9.91. The standard InChI is InChI=1S/C14H14N4/c1-2-4-11-9(3-1)10-5-6-15-13(12(10)18-11)14-16-7-8-17-14/h1-4,7-8,13,15,18H,5-6H2,(H,16,17). The maximum absolute atomic E-state index is 4.37. The molecular formula is C14H14N4. The van der Waals surface area contributed by atoms with Gasteiger partial charge in [0.15, 0.2) is 0 Å². The molecule has 2 aromatic heterocycles. The van der Waals surface area contributed by atoms with Crippen LogP contribution in [0.5, 0.6) is 0 Å². The highest BCUT2D eigenvalue weighted by molar-refractivity contribution is 5.85. The van der Waals surface area contributed by atoms with Gasteiger partial charge in [0.05, 0.1) is 0 Å². The smallest absolute Gasteiger partial charge is 0.129 e. The third-order valence-electron chi connectivity index (χ3n) is 3.65. The van der Waals surface area contributed by atoms with Crippen molar-refractivity contribution in [3.8, 4) is 0 Å². The number of imidazole rings is 1. The third-order valence-corrected chi connectivity index (χ3v) is 3.65. The number of fused-ring (bicyclic) bond motifs is 3. The van der Waals surface area contributed by atoms with Crippen LogP contribution in [0.1, 0.15) is 23.1 Å². The van der Waals surface area contributed by atoms with E-state index in [9.17, 15) is 0 Å². The predicted octanol–water partition coefficient (Wildman–Crippen LogP) is 2.13. The Balaban J connectivity index is 1.94. The van der Waals surface area contributed by atoms with E-state index in [0.717, 1.165) is 18.8 Å². The van der Waals surface area contributed by atoms with E-state index in [0.29, 0.717) is 0 Å². The summed E-state index contributed by atoms with van der Waals surface area (Å²) in [7, 11) is 0. The van der Waals surface area contributed by atoms with Gasteiger partial charge in [0.2, 0.25) is 0 Å². The lowest BCUT2D eigenvalue weighted by molar-refractivity contribution is 0.540. The first-order chi connectivity index (χ1) is 8.93. The number of nitrogens with zero attached hydrogens (tertiary/aromatic N) is 1. The molecule has 4 heteroatoms. The van der Waals surface area contributed by atoms with Gasteiger partial charge in [0, 0.05) is 35.5 Å². The van der Waals surface area contributed by atoms with E-state index in [-0.39, 0.29) is 6.04 Å². The summed E-state index contributed by atoms with van der Waals surface area (Å²) < 4.78 is 0. The van der Waals surface area contributed by atoms with E-state index in [4.69, 9.17) is 0 Å². The maximum atomic E-state index is 4.37.